The summed E-state index contributed by atoms with van der Waals surface area (Å²) in [4.78, 5) is 0. The van der Waals surface area contributed by atoms with E-state index in [4.69, 9.17) is 0 Å². The molecule has 2 heterocycles. The van der Waals surface area contributed by atoms with Crippen LogP contribution in [0.25, 0.3) is 0 Å². The molecule has 4 nitrogen and oxygen atoms in total. The minimum Gasteiger partial charge on any atom is -0.356 e. The first-order chi connectivity index (χ1) is 7.66. The van der Waals surface area contributed by atoms with Gasteiger partial charge in [0.25, 0.3) is 6.43 Å². The first-order valence-electron chi connectivity index (χ1n) is 5.28. The topological polar surface area (TPSA) is 49.8 Å². The first-order valence-corrected chi connectivity index (χ1v) is 6.10. The van der Waals surface area contributed by atoms with Crippen LogP contribution in [0, 0.1) is 0 Å². The number of rotatable bonds is 3. The van der Waals surface area contributed by atoms with Crippen molar-refractivity contribution >= 4 is 16.5 Å². The average molecular weight is 248 g/mol. The minimum atomic E-state index is -2.53. The van der Waals surface area contributed by atoms with Crippen LogP contribution in [0.3, 0.4) is 0 Å². The lowest BCUT2D eigenvalue weighted by Crippen LogP contribution is -2.46. The third-order valence-electron chi connectivity index (χ3n) is 2.70. The number of nitrogens with one attached hydrogen (secondary N) is 2. The number of anilines is 1. The van der Waals surface area contributed by atoms with E-state index in [0.29, 0.717) is 11.2 Å². The lowest BCUT2D eigenvalue weighted by Gasteiger charge is -2.30. The van der Waals surface area contributed by atoms with E-state index < -0.39 is 6.43 Å². The van der Waals surface area contributed by atoms with Crippen molar-refractivity contribution in [2.45, 2.75) is 38.3 Å². The standard InChI is InChI=1S/C9H14F2N4S/c1-5-6(3-2-4-12-5)13-9-15-14-8(16-9)7(10)11/h5-7,12H,2-4H2,1H3,(H,13,15). The van der Waals surface area contributed by atoms with E-state index in [0.717, 1.165) is 30.7 Å². The molecule has 2 rings (SSSR count). The van der Waals surface area contributed by atoms with Crippen molar-refractivity contribution in [2.24, 2.45) is 0 Å². The van der Waals surface area contributed by atoms with Crippen molar-refractivity contribution in [1.29, 1.82) is 0 Å². The molecule has 0 aliphatic carbocycles. The van der Waals surface area contributed by atoms with Crippen LogP contribution in [0.4, 0.5) is 13.9 Å². The van der Waals surface area contributed by atoms with Crippen molar-refractivity contribution in [3.63, 3.8) is 0 Å². The number of alkyl halides is 2. The van der Waals surface area contributed by atoms with Gasteiger partial charge in [-0.1, -0.05) is 11.3 Å². The number of nitrogens with zero attached hydrogens (tertiary/aromatic N) is 2. The molecule has 0 saturated carbocycles. The number of halogens is 2. The Morgan fingerprint density at radius 3 is 2.94 bits per heavy atom. The average Bonchev–Trinajstić information content (AvgIpc) is 2.70. The maximum absolute atomic E-state index is 12.3. The molecule has 1 fully saturated rings. The fourth-order valence-electron chi connectivity index (χ4n) is 1.78. The highest BCUT2D eigenvalue weighted by Crippen LogP contribution is 2.26. The summed E-state index contributed by atoms with van der Waals surface area (Å²) in [5.74, 6) is 0. The van der Waals surface area contributed by atoms with Gasteiger partial charge < -0.3 is 10.6 Å². The molecular formula is C9H14F2N4S. The van der Waals surface area contributed by atoms with Crippen molar-refractivity contribution in [2.75, 3.05) is 11.9 Å². The molecule has 2 atom stereocenters. The normalized spacial score (nSPS) is 26.0. The highest BCUT2D eigenvalue weighted by atomic mass is 32.1. The van der Waals surface area contributed by atoms with Crippen molar-refractivity contribution in [3.8, 4) is 0 Å². The summed E-state index contributed by atoms with van der Waals surface area (Å²) in [5.41, 5.74) is 0. The minimum absolute atomic E-state index is 0.223. The molecule has 1 saturated heterocycles. The van der Waals surface area contributed by atoms with E-state index in [9.17, 15) is 8.78 Å². The van der Waals surface area contributed by atoms with Gasteiger partial charge in [-0.2, -0.15) is 0 Å². The van der Waals surface area contributed by atoms with Crippen LogP contribution in [0.15, 0.2) is 0 Å². The zero-order chi connectivity index (χ0) is 11.5. The van der Waals surface area contributed by atoms with Gasteiger partial charge in [0.15, 0.2) is 5.01 Å². The summed E-state index contributed by atoms with van der Waals surface area (Å²) in [6, 6.07) is 0.569. The van der Waals surface area contributed by atoms with Gasteiger partial charge in [0.2, 0.25) is 5.13 Å². The second-order valence-electron chi connectivity index (χ2n) is 3.88. The summed E-state index contributed by atoms with van der Waals surface area (Å²) in [7, 11) is 0. The van der Waals surface area contributed by atoms with Gasteiger partial charge in [0.05, 0.1) is 0 Å². The smallest absolute Gasteiger partial charge is 0.291 e. The molecule has 90 valence electrons. The van der Waals surface area contributed by atoms with E-state index in [-0.39, 0.29) is 11.0 Å². The second-order valence-corrected chi connectivity index (χ2v) is 4.89. The van der Waals surface area contributed by atoms with Crippen LogP contribution in [-0.4, -0.2) is 28.8 Å². The highest BCUT2D eigenvalue weighted by Gasteiger charge is 2.22. The third-order valence-corrected chi connectivity index (χ3v) is 3.56. The lowest BCUT2D eigenvalue weighted by molar-refractivity contribution is 0.150. The van der Waals surface area contributed by atoms with E-state index in [1.807, 2.05) is 0 Å². The maximum Gasteiger partial charge on any atom is 0.291 e. The first kappa shape index (κ1) is 11.7. The monoisotopic (exact) mass is 248 g/mol. The van der Waals surface area contributed by atoms with Crippen LogP contribution >= 0.6 is 11.3 Å². The highest BCUT2D eigenvalue weighted by molar-refractivity contribution is 7.15. The Balaban J connectivity index is 1.97. The predicted molar refractivity (Wildman–Crippen MR) is 59.0 cm³/mol. The van der Waals surface area contributed by atoms with Gasteiger partial charge in [-0.05, 0) is 26.3 Å². The Morgan fingerprint density at radius 1 is 1.50 bits per heavy atom. The fourth-order valence-corrected chi connectivity index (χ4v) is 2.44. The molecule has 0 aromatic carbocycles. The fraction of sp³-hybridized carbons (Fsp3) is 0.778. The summed E-state index contributed by atoms with van der Waals surface area (Å²) >= 11 is 0.926. The predicted octanol–water partition coefficient (Wildman–Crippen LogP) is 2.03. The van der Waals surface area contributed by atoms with Gasteiger partial charge in [-0.25, -0.2) is 8.78 Å². The van der Waals surface area contributed by atoms with Gasteiger partial charge in [0, 0.05) is 12.1 Å². The Kier molecular flexibility index (Phi) is 3.65. The zero-order valence-corrected chi connectivity index (χ0v) is 9.73. The number of piperidine rings is 1. The van der Waals surface area contributed by atoms with Crippen molar-refractivity contribution in [1.82, 2.24) is 15.5 Å². The van der Waals surface area contributed by atoms with E-state index in [1.54, 1.807) is 0 Å². The van der Waals surface area contributed by atoms with E-state index in [2.05, 4.69) is 27.8 Å². The number of hydrogen-bond acceptors (Lipinski definition) is 5. The molecule has 2 unspecified atom stereocenters. The Bertz CT molecular complexity index is 344. The van der Waals surface area contributed by atoms with Crippen LogP contribution < -0.4 is 10.6 Å². The molecule has 16 heavy (non-hydrogen) atoms. The molecule has 0 bridgehead atoms. The number of aromatic nitrogens is 2. The molecule has 2 N–H and O–H groups in total. The largest absolute Gasteiger partial charge is 0.356 e. The summed E-state index contributed by atoms with van der Waals surface area (Å²) in [5, 5.41) is 13.9. The van der Waals surface area contributed by atoms with Crippen molar-refractivity contribution < 1.29 is 8.78 Å². The Morgan fingerprint density at radius 2 is 2.31 bits per heavy atom. The van der Waals surface area contributed by atoms with E-state index in [1.165, 1.54) is 0 Å². The Labute approximate surface area is 96.5 Å². The van der Waals surface area contributed by atoms with Gasteiger partial charge in [0.1, 0.15) is 0 Å². The molecule has 0 radical (unpaired) electrons. The van der Waals surface area contributed by atoms with Crippen molar-refractivity contribution in [3.05, 3.63) is 5.01 Å². The second kappa shape index (κ2) is 5.01. The SMILES string of the molecule is CC1NCCCC1Nc1nnc(C(F)F)s1. The summed E-state index contributed by atoms with van der Waals surface area (Å²) in [6.45, 7) is 3.09. The van der Waals surface area contributed by atoms with Gasteiger partial charge in [-0.3, -0.25) is 0 Å². The van der Waals surface area contributed by atoms with Gasteiger partial charge in [-0.15, -0.1) is 10.2 Å². The summed E-state index contributed by atoms with van der Waals surface area (Å²) in [6.07, 6.45) is -0.421. The van der Waals surface area contributed by atoms with Crippen LogP contribution in [0.1, 0.15) is 31.2 Å². The van der Waals surface area contributed by atoms with E-state index >= 15 is 0 Å². The molecule has 7 heteroatoms. The van der Waals surface area contributed by atoms with Crippen LogP contribution in [0.5, 0.6) is 0 Å². The molecule has 0 amide bonds. The maximum atomic E-state index is 12.3. The molecule has 1 aliphatic rings. The van der Waals surface area contributed by atoms with Crippen LogP contribution in [-0.2, 0) is 0 Å². The lowest BCUT2D eigenvalue weighted by atomic mass is 10.0. The van der Waals surface area contributed by atoms with Crippen LogP contribution in [0.2, 0.25) is 0 Å². The molecule has 1 aromatic heterocycles. The zero-order valence-electron chi connectivity index (χ0n) is 8.91. The quantitative estimate of drug-likeness (QED) is 0.859. The number of hydrogen-bond donors (Lipinski definition) is 2. The Hall–Kier alpha value is -0.820. The van der Waals surface area contributed by atoms with Gasteiger partial charge >= 0.3 is 0 Å². The summed E-state index contributed by atoms with van der Waals surface area (Å²) < 4.78 is 24.6. The third kappa shape index (κ3) is 2.65. The molecule has 1 aromatic rings. The molecule has 0 spiro atoms. The molecule has 1 aliphatic heterocycles. The molecular weight excluding hydrogens is 234 g/mol.